The highest BCUT2D eigenvalue weighted by Crippen LogP contribution is 2.20. The topological polar surface area (TPSA) is 66.5 Å². The molecule has 0 atom stereocenters. The average Bonchev–Trinajstić information content (AvgIpc) is 2.41. The summed E-state index contributed by atoms with van der Waals surface area (Å²) in [5.41, 5.74) is 0.536. The van der Waals surface area contributed by atoms with Gasteiger partial charge in [-0.05, 0) is 30.7 Å². The van der Waals surface area contributed by atoms with E-state index in [-0.39, 0.29) is 18.9 Å². The van der Waals surface area contributed by atoms with E-state index >= 15 is 0 Å². The van der Waals surface area contributed by atoms with E-state index in [2.05, 4.69) is 11.9 Å². The summed E-state index contributed by atoms with van der Waals surface area (Å²) in [6.07, 6.45) is 3.42. The minimum atomic E-state index is -3.40. The van der Waals surface area contributed by atoms with Crippen molar-refractivity contribution < 1.29 is 13.2 Å². The Labute approximate surface area is 130 Å². The van der Waals surface area contributed by atoms with Crippen molar-refractivity contribution in [3.8, 4) is 0 Å². The van der Waals surface area contributed by atoms with E-state index in [1.807, 2.05) is 0 Å². The molecule has 0 heterocycles. The fourth-order valence-electron chi connectivity index (χ4n) is 1.75. The van der Waals surface area contributed by atoms with E-state index in [1.54, 1.807) is 30.3 Å². The summed E-state index contributed by atoms with van der Waals surface area (Å²) in [5, 5.41) is 3.19. The molecule has 0 aliphatic rings. The zero-order chi connectivity index (χ0) is 15.9. The van der Waals surface area contributed by atoms with Crippen molar-refractivity contribution in [2.75, 3.05) is 23.7 Å². The lowest BCUT2D eigenvalue weighted by Gasteiger charge is -2.22. The number of halogens is 1. The maximum absolute atomic E-state index is 11.8. The summed E-state index contributed by atoms with van der Waals surface area (Å²) in [6, 6.07) is 6.54. The van der Waals surface area contributed by atoms with Crippen LogP contribution in [0, 0.1) is 0 Å². The van der Waals surface area contributed by atoms with Gasteiger partial charge in [0.15, 0.2) is 0 Å². The Kier molecular flexibility index (Phi) is 6.71. The molecule has 0 aliphatic carbocycles. The van der Waals surface area contributed by atoms with Crippen LogP contribution in [-0.4, -0.2) is 33.7 Å². The van der Waals surface area contributed by atoms with Crippen LogP contribution in [0.15, 0.2) is 36.9 Å². The van der Waals surface area contributed by atoms with Crippen molar-refractivity contribution in [3.63, 3.8) is 0 Å². The largest absolute Gasteiger partial charge is 0.353 e. The number of rotatable bonds is 8. The summed E-state index contributed by atoms with van der Waals surface area (Å²) >= 11 is 5.80. The summed E-state index contributed by atoms with van der Waals surface area (Å²) < 4.78 is 25.0. The molecular formula is C14H19ClN2O3S. The maximum Gasteiger partial charge on any atom is 0.232 e. The minimum absolute atomic E-state index is 0.126. The van der Waals surface area contributed by atoms with E-state index in [1.165, 1.54) is 4.31 Å². The van der Waals surface area contributed by atoms with Gasteiger partial charge in [-0.1, -0.05) is 17.7 Å². The first-order valence-electron chi connectivity index (χ1n) is 6.45. The molecule has 0 aromatic heterocycles. The van der Waals surface area contributed by atoms with Gasteiger partial charge in [-0.3, -0.25) is 9.10 Å². The van der Waals surface area contributed by atoms with Gasteiger partial charge in [0.05, 0.1) is 11.9 Å². The van der Waals surface area contributed by atoms with Gasteiger partial charge in [-0.15, -0.1) is 6.58 Å². The zero-order valence-corrected chi connectivity index (χ0v) is 13.5. The van der Waals surface area contributed by atoms with E-state index in [0.29, 0.717) is 23.7 Å². The van der Waals surface area contributed by atoms with Crippen molar-refractivity contribution in [3.05, 3.63) is 41.9 Å². The van der Waals surface area contributed by atoms with Gasteiger partial charge < -0.3 is 5.32 Å². The van der Waals surface area contributed by atoms with E-state index < -0.39 is 10.0 Å². The van der Waals surface area contributed by atoms with Crippen LogP contribution in [0.1, 0.15) is 12.8 Å². The van der Waals surface area contributed by atoms with Gasteiger partial charge in [0.25, 0.3) is 0 Å². The molecular weight excluding hydrogens is 312 g/mol. The summed E-state index contributed by atoms with van der Waals surface area (Å²) in [7, 11) is -3.40. The quantitative estimate of drug-likeness (QED) is 0.743. The third-order valence-corrected chi connectivity index (χ3v) is 4.17. The lowest BCUT2D eigenvalue weighted by Crippen LogP contribution is -2.32. The van der Waals surface area contributed by atoms with Crippen LogP contribution in [0.2, 0.25) is 5.02 Å². The standard InChI is InChI=1S/C14H19ClN2O3S/c1-3-10-16-14(18)5-4-11-17(21(2,19)20)13-8-6-12(15)7-9-13/h3,6-9H,1,4-5,10-11H2,2H3,(H,16,18). The summed E-state index contributed by atoms with van der Waals surface area (Å²) in [4.78, 5) is 11.5. The molecule has 0 spiro atoms. The fourth-order valence-corrected chi connectivity index (χ4v) is 2.84. The van der Waals surface area contributed by atoms with E-state index in [0.717, 1.165) is 6.26 Å². The molecule has 0 fully saturated rings. The zero-order valence-electron chi connectivity index (χ0n) is 11.9. The van der Waals surface area contributed by atoms with Gasteiger partial charge >= 0.3 is 0 Å². The predicted molar refractivity (Wildman–Crippen MR) is 86.1 cm³/mol. The first-order chi connectivity index (χ1) is 9.84. The third-order valence-electron chi connectivity index (χ3n) is 2.72. The number of benzene rings is 1. The smallest absolute Gasteiger partial charge is 0.232 e. The number of hydrogen-bond donors (Lipinski definition) is 1. The van der Waals surface area contributed by atoms with Crippen LogP contribution in [0.25, 0.3) is 0 Å². The second-order valence-electron chi connectivity index (χ2n) is 4.51. The molecule has 116 valence electrons. The van der Waals surface area contributed by atoms with Gasteiger partial charge in [0, 0.05) is 24.5 Å². The number of nitrogens with zero attached hydrogens (tertiary/aromatic N) is 1. The van der Waals surface area contributed by atoms with Crippen molar-refractivity contribution in [2.24, 2.45) is 0 Å². The number of amides is 1. The van der Waals surface area contributed by atoms with Gasteiger partial charge in [0.2, 0.25) is 15.9 Å². The molecule has 5 nitrogen and oxygen atoms in total. The van der Waals surface area contributed by atoms with Crippen molar-refractivity contribution >= 4 is 33.2 Å². The molecule has 0 radical (unpaired) electrons. The number of nitrogens with one attached hydrogen (secondary N) is 1. The number of sulfonamides is 1. The Morgan fingerprint density at radius 1 is 1.38 bits per heavy atom. The van der Waals surface area contributed by atoms with Crippen molar-refractivity contribution in [1.29, 1.82) is 0 Å². The maximum atomic E-state index is 11.8. The van der Waals surface area contributed by atoms with Gasteiger partial charge in [0.1, 0.15) is 0 Å². The molecule has 0 saturated heterocycles. The highest BCUT2D eigenvalue weighted by atomic mass is 35.5. The van der Waals surface area contributed by atoms with Crippen LogP contribution < -0.4 is 9.62 Å². The summed E-state index contributed by atoms with van der Waals surface area (Å²) in [5.74, 6) is -0.126. The normalized spacial score (nSPS) is 11.0. The molecule has 1 aromatic carbocycles. The van der Waals surface area contributed by atoms with Gasteiger partial charge in [-0.2, -0.15) is 0 Å². The van der Waals surface area contributed by atoms with Crippen LogP contribution in [0.3, 0.4) is 0 Å². The predicted octanol–water partition coefficient (Wildman–Crippen LogP) is 2.19. The number of anilines is 1. The molecule has 1 N–H and O–H groups in total. The lowest BCUT2D eigenvalue weighted by molar-refractivity contribution is -0.120. The Bertz CT molecular complexity index is 585. The van der Waals surface area contributed by atoms with Crippen LogP contribution in [-0.2, 0) is 14.8 Å². The van der Waals surface area contributed by atoms with Crippen molar-refractivity contribution in [2.45, 2.75) is 12.8 Å². The molecule has 0 unspecified atom stereocenters. The van der Waals surface area contributed by atoms with Crippen LogP contribution >= 0.6 is 11.6 Å². The monoisotopic (exact) mass is 330 g/mol. The molecule has 0 aliphatic heterocycles. The third kappa shape index (κ3) is 6.18. The molecule has 7 heteroatoms. The second-order valence-corrected chi connectivity index (χ2v) is 6.85. The fraction of sp³-hybridized carbons (Fsp3) is 0.357. The molecule has 0 saturated carbocycles. The average molecular weight is 331 g/mol. The highest BCUT2D eigenvalue weighted by molar-refractivity contribution is 7.92. The Morgan fingerprint density at radius 2 is 2.00 bits per heavy atom. The summed E-state index contributed by atoms with van der Waals surface area (Å²) in [6.45, 7) is 4.15. The molecule has 1 rings (SSSR count). The Morgan fingerprint density at radius 3 is 2.52 bits per heavy atom. The van der Waals surface area contributed by atoms with Crippen LogP contribution in [0.4, 0.5) is 5.69 Å². The molecule has 21 heavy (non-hydrogen) atoms. The molecule has 1 amide bonds. The van der Waals surface area contributed by atoms with Crippen LogP contribution in [0.5, 0.6) is 0 Å². The lowest BCUT2D eigenvalue weighted by atomic mass is 10.2. The Hall–Kier alpha value is -1.53. The number of hydrogen-bond acceptors (Lipinski definition) is 3. The second kappa shape index (κ2) is 8.05. The molecule has 0 bridgehead atoms. The Balaban J connectivity index is 2.66. The number of carbonyl (C=O) groups is 1. The minimum Gasteiger partial charge on any atom is -0.353 e. The first kappa shape index (κ1) is 17.5. The SMILES string of the molecule is C=CCNC(=O)CCCN(c1ccc(Cl)cc1)S(C)(=O)=O. The highest BCUT2D eigenvalue weighted by Gasteiger charge is 2.17. The molecule has 1 aromatic rings. The number of carbonyl (C=O) groups excluding carboxylic acids is 1. The van der Waals surface area contributed by atoms with Gasteiger partial charge in [-0.25, -0.2) is 8.42 Å². The first-order valence-corrected chi connectivity index (χ1v) is 8.68. The van der Waals surface area contributed by atoms with E-state index in [9.17, 15) is 13.2 Å². The van der Waals surface area contributed by atoms with Crippen molar-refractivity contribution in [1.82, 2.24) is 5.32 Å². The van der Waals surface area contributed by atoms with E-state index in [4.69, 9.17) is 11.6 Å².